The van der Waals surface area contributed by atoms with E-state index in [2.05, 4.69) is 10.6 Å². The molecule has 0 bridgehead atoms. The molecular formula is C11H21N3O. The van der Waals surface area contributed by atoms with Crippen molar-refractivity contribution in [2.24, 2.45) is 5.92 Å². The summed E-state index contributed by atoms with van der Waals surface area (Å²) in [5, 5.41) is 6.38. The summed E-state index contributed by atoms with van der Waals surface area (Å²) >= 11 is 0. The standard InChI is InChI=1S/C11H21N3O/c1-14(11(15)13-10-4-5-10)8-9-3-2-6-12-7-9/h9-10,12H,2-8H2,1H3,(H,13,15). The van der Waals surface area contributed by atoms with E-state index < -0.39 is 0 Å². The van der Waals surface area contributed by atoms with Gasteiger partial charge in [-0.1, -0.05) is 0 Å². The van der Waals surface area contributed by atoms with Gasteiger partial charge < -0.3 is 15.5 Å². The van der Waals surface area contributed by atoms with Crippen molar-refractivity contribution >= 4 is 6.03 Å². The van der Waals surface area contributed by atoms with Crippen LogP contribution in [0.1, 0.15) is 25.7 Å². The van der Waals surface area contributed by atoms with Gasteiger partial charge in [0.05, 0.1) is 0 Å². The number of rotatable bonds is 3. The highest BCUT2D eigenvalue weighted by molar-refractivity contribution is 5.74. The summed E-state index contributed by atoms with van der Waals surface area (Å²) < 4.78 is 0. The van der Waals surface area contributed by atoms with Crippen LogP contribution in [0.25, 0.3) is 0 Å². The Hall–Kier alpha value is -0.770. The van der Waals surface area contributed by atoms with Crippen molar-refractivity contribution in [2.45, 2.75) is 31.7 Å². The van der Waals surface area contributed by atoms with Crippen LogP contribution in [-0.2, 0) is 0 Å². The number of carbonyl (C=O) groups excluding carboxylic acids is 1. The van der Waals surface area contributed by atoms with Crippen molar-refractivity contribution in [1.82, 2.24) is 15.5 Å². The second-order valence-corrected chi connectivity index (χ2v) is 4.82. The number of amides is 2. The van der Waals surface area contributed by atoms with E-state index in [0.29, 0.717) is 12.0 Å². The van der Waals surface area contributed by atoms with Gasteiger partial charge in [-0.25, -0.2) is 4.79 Å². The Labute approximate surface area is 91.4 Å². The minimum atomic E-state index is 0.100. The van der Waals surface area contributed by atoms with E-state index in [9.17, 15) is 4.79 Å². The van der Waals surface area contributed by atoms with E-state index in [-0.39, 0.29) is 6.03 Å². The van der Waals surface area contributed by atoms with E-state index >= 15 is 0 Å². The van der Waals surface area contributed by atoms with Crippen molar-refractivity contribution in [3.8, 4) is 0 Å². The van der Waals surface area contributed by atoms with Crippen molar-refractivity contribution in [3.05, 3.63) is 0 Å². The largest absolute Gasteiger partial charge is 0.335 e. The van der Waals surface area contributed by atoms with Gasteiger partial charge in [-0.15, -0.1) is 0 Å². The van der Waals surface area contributed by atoms with Crippen LogP contribution in [0.4, 0.5) is 4.79 Å². The van der Waals surface area contributed by atoms with Crippen LogP contribution in [0.15, 0.2) is 0 Å². The first-order valence-corrected chi connectivity index (χ1v) is 5.98. The Morgan fingerprint density at radius 2 is 2.27 bits per heavy atom. The molecule has 0 aromatic rings. The van der Waals surface area contributed by atoms with Crippen LogP contribution in [0, 0.1) is 5.92 Å². The third kappa shape index (κ3) is 3.38. The molecule has 2 aliphatic rings. The van der Waals surface area contributed by atoms with Gasteiger partial charge in [0.2, 0.25) is 0 Å². The lowest BCUT2D eigenvalue weighted by Crippen LogP contribution is -2.43. The van der Waals surface area contributed by atoms with Crippen LogP contribution in [-0.4, -0.2) is 43.7 Å². The number of nitrogens with zero attached hydrogens (tertiary/aromatic N) is 1. The van der Waals surface area contributed by atoms with Crippen LogP contribution >= 0.6 is 0 Å². The predicted molar refractivity (Wildman–Crippen MR) is 59.8 cm³/mol. The maximum absolute atomic E-state index is 11.7. The van der Waals surface area contributed by atoms with E-state index in [0.717, 1.165) is 32.5 Å². The number of piperidine rings is 1. The molecule has 4 heteroatoms. The number of nitrogens with one attached hydrogen (secondary N) is 2. The zero-order chi connectivity index (χ0) is 10.7. The summed E-state index contributed by atoms with van der Waals surface area (Å²) in [5.74, 6) is 0.633. The second kappa shape index (κ2) is 4.84. The first-order valence-electron chi connectivity index (χ1n) is 5.98. The maximum Gasteiger partial charge on any atom is 0.317 e. The Morgan fingerprint density at radius 1 is 1.47 bits per heavy atom. The summed E-state index contributed by atoms with van der Waals surface area (Å²) in [4.78, 5) is 13.5. The van der Waals surface area contributed by atoms with E-state index in [1.54, 1.807) is 0 Å². The molecule has 86 valence electrons. The molecule has 2 amide bonds. The molecule has 2 N–H and O–H groups in total. The quantitative estimate of drug-likeness (QED) is 0.725. The van der Waals surface area contributed by atoms with Gasteiger partial charge in [-0.05, 0) is 44.7 Å². The molecule has 0 aromatic heterocycles. The van der Waals surface area contributed by atoms with Crippen LogP contribution in [0.3, 0.4) is 0 Å². The van der Waals surface area contributed by atoms with Gasteiger partial charge in [0, 0.05) is 19.6 Å². The van der Waals surface area contributed by atoms with Crippen molar-refractivity contribution in [1.29, 1.82) is 0 Å². The van der Waals surface area contributed by atoms with Crippen molar-refractivity contribution < 1.29 is 4.79 Å². The molecule has 4 nitrogen and oxygen atoms in total. The van der Waals surface area contributed by atoms with E-state index in [1.165, 1.54) is 12.8 Å². The maximum atomic E-state index is 11.7. The summed E-state index contributed by atoms with van der Waals surface area (Å²) in [6.45, 7) is 3.07. The minimum absolute atomic E-state index is 0.100. The van der Waals surface area contributed by atoms with Crippen LogP contribution in [0.5, 0.6) is 0 Å². The van der Waals surface area contributed by atoms with Crippen LogP contribution in [0.2, 0.25) is 0 Å². The molecule has 1 unspecified atom stereocenters. The SMILES string of the molecule is CN(CC1CCCNC1)C(=O)NC1CC1. The van der Waals surface area contributed by atoms with Gasteiger partial charge in [0.1, 0.15) is 0 Å². The fraction of sp³-hybridized carbons (Fsp3) is 0.909. The lowest BCUT2D eigenvalue weighted by atomic mass is 9.99. The molecule has 0 spiro atoms. The monoisotopic (exact) mass is 211 g/mol. The minimum Gasteiger partial charge on any atom is -0.335 e. The van der Waals surface area contributed by atoms with Gasteiger partial charge in [-0.2, -0.15) is 0 Å². The van der Waals surface area contributed by atoms with Gasteiger partial charge >= 0.3 is 6.03 Å². The highest BCUT2D eigenvalue weighted by Crippen LogP contribution is 2.19. The highest BCUT2D eigenvalue weighted by atomic mass is 16.2. The van der Waals surface area contributed by atoms with Crippen molar-refractivity contribution in [2.75, 3.05) is 26.7 Å². The fourth-order valence-electron chi connectivity index (χ4n) is 2.06. The molecule has 1 atom stereocenters. The average molecular weight is 211 g/mol. The molecular weight excluding hydrogens is 190 g/mol. The Bertz CT molecular complexity index is 222. The van der Waals surface area contributed by atoms with E-state index in [4.69, 9.17) is 0 Å². The first kappa shape index (κ1) is 10.7. The normalized spacial score (nSPS) is 26.1. The number of urea groups is 1. The third-order valence-electron chi connectivity index (χ3n) is 3.18. The topological polar surface area (TPSA) is 44.4 Å². The van der Waals surface area contributed by atoms with Crippen molar-refractivity contribution in [3.63, 3.8) is 0 Å². The van der Waals surface area contributed by atoms with E-state index in [1.807, 2.05) is 11.9 Å². The molecule has 2 rings (SSSR count). The summed E-state index contributed by atoms with van der Waals surface area (Å²) in [5.41, 5.74) is 0. The summed E-state index contributed by atoms with van der Waals surface area (Å²) in [7, 11) is 1.90. The molecule has 1 saturated carbocycles. The fourth-order valence-corrected chi connectivity index (χ4v) is 2.06. The first-order chi connectivity index (χ1) is 7.25. The lowest BCUT2D eigenvalue weighted by molar-refractivity contribution is 0.194. The Kier molecular flexibility index (Phi) is 3.46. The van der Waals surface area contributed by atoms with Crippen LogP contribution < -0.4 is 10.6 Å². The van der Waals surface area contributed by atoms with Gasteiger partial charge in [0.25, 0.3) is 0 Å². The summed E-state index contributed by atoms with van der Waals surface area (Å²) in [6, 6.07) is 0.563. The smallest absolute Gasteiger partial charge is 0.317 e. The second-order valence-electron chi connectivity index (χ2n) is 4.82. The zero-order valence-electron chi connectivity index (χ0n) is 9.46. The lowest BCUT2D eigenvalue weighted by Gasteiger charge is -2.27. The molecule has 1 heterocycles. The zero-order valence-corrected chi connectivity index (χ0v) is 9.46. The molecule has 1 aliphatic heterocycles. The third-order valence-corrected chi connectivity index (χ3v) is 3.18. The number of hydrogen-bond acceptors (Lipinski definition) is 2. The molecule has 0 radical (unpaired) electrons. The number of hydrogen-bond donors (Lipinski definition) is 2. The summed E-state index contributed by atoms with van der Waals surface area (Å²) in [6.07, 6.45) is 4.80. The molecule has 1 aliphatic carbocycles. The molecule has 0 aromatic carbocycles. The molecule has 2 fully saturated rings. The molecule has 15 heavy (non-hydrogen) atoms. The highest BCUT2D eigenvalue weighted by Gasteiger charge is 2.25. The Balaban J connectivity index is 1.69. The Morgan fingerprint density at radius 3 is 2.87 bits per heavy atom. The molecule has 1 saturated heterocycles. The van der Waals surface area contributed by atoms with Gasteiger partial charge in [-0.3, -0.25) is 0 Å². The van der Waals surface area contributed by atoms with Gasteiger partial charge in [0.15, 0.2) is 0 Å². The number of carbonyl (C=O) groups is 1. The average Bonchev–Trinajstić information content (AvgIpc) is 3.03. The predicted octanol–water partition coefficient (Wildman–Crippen LogP) is 0.790.